The van der Waals surface area contributed by atoms with Crippen LogP contribution in [0.15, 0.2) is 66.5 Å². The first-order valence-corrected chi connectivity index (χ1v) is 10.7. The average Bonchev–Trinajstić information content (AvgIpc) is 2.80. The summed E-state index contributed by atoms with van der Waals surface area (Å²) in [7, 11) is 0. The van der Waals surface area contributed by atoms with Gasteiger partial charge in [0.05, 0.1) is 0 Å². The van der Waals surface area contributed by atoms with E-state index < -0.39 is 5.31 Å². The van der Waals surface area contributed by atoms with E-state index in [4.69, 9.17) is 22.5 Å². The normalized spacial score (nSPS) is 22.2. The summed E-state index contributed by atoms with van der Waals surface area (Å²) in [4.78, 5) is 0. The molecule has 19 heavy (non-hydrogen) atoms. The molecule has 98 valence electrons. The van der Waals surface area contributed by atoms with Gasteiger partial charge in [-0.2, -0.15) is 0 Å². The predicted molar refractivity (Wildman–Crippen MR) is 88.6 cm³/mol. The van der Waals surface area contributed by atoms with Crippen molar-refractivity contribution < 1.29 is 0 Å². The molecule has 0 N–H and O–H groups in total. The van der Waals surface area contributed by atoms with Crippen LogP contribution in [-0.4, -0.2) is 6.16 Å². The van der Waals surface area contributed by atoms with Crippen molar-refractivity contribution in [2.45, 2.75) is 6.42 Å². The van der Waals surface area contributed by atoms with Gasteiger partial charge < -0.3 is 0 Å². The van der Waals surface area contributed by atoms with Crippen LogP contribution in [-0.2, 0) is 0 Å². The Balaban J connectivity index is 2.06. The molecule has 0 fully saturated rings. The molecule has 0 bridgehead atoms. The molecular weight excluding hydrogens is 294 g/mol. The van der Waals surface area contributed by atoms with E-state index in [1.807, 2.05) is 36.4 Å². The van der Waals surface area contributed by atoms with Gasteiger partial charge in [-0.1, -0.05) is 0 Å². The van der Waals surface area contributed by atoms with E-state index in [2.05, 4.69) is 30.1 Å². The van der Waals surface area contributed by atoms with Crippen LogP contribution in [0.2, 0.25) is 0 Å². The Hall–Kier alpha value is -0.810. The number of hydrogen-bond donors (Lipinski definition) is 0. The first-order valence-electron chi connectivity index (χ1n) is 6.35. The van der Waals surface area contributed by atoms with Crippen molar-refractivity contribution in [3.05, 3.63) is 72.0 Å². The average molecular weight is 309 g/mol. The topological polar surface area (TPSA) is 0 Å². The van der Waals surface area contributed by atoms with Crippen LogP contribution in [0.1, 0.15) is 12.0 Å². The van der Waals surface area contributed by atoms with Gasteiger partial charge in [0.2, 0.25) is 0 Å². The minimum absolute atomic E-state index is 0.836. The van der Waals surface area contributed by atoms with E-state index in [-0.39, 0.29) is 0 Å². The molecule has 0 spiro atoms. The molecule has 0 amide bonds. The van der Waals surface area contributed by atoms with E-state index in [0.29, 0.717) is 0 Å². The van der Waals surface area contributed by atoms with Crippen molar-refractivity contribution in [2.24, 2.45) is 0 Å². The Morgan fingerprint density at radius 1 is 0.789 bits per heavy atom. The maximum absolute atomic E-state index is 6.92. The van der Waals surface area contributed by atoms with Crippen LogP contribution in [0.4, 0.5) is 0 Å². The summed E-state index contributed by atoms with van der Waals surface area (Å²) < 4.78 is 0. The molecule has 0 unspecified atom stereocenters. The Labute approximate surface area is 123 Å². The Bertz CT molecular complexity index is 618. The molecule has 0 saturated heterocycles. The molecule has 0 saturated carbocycles. The van der Waals surface area contributed by atoms with E-state index in [1.165, 1.54) is 11.1 Å². The standard InChI is InChI=1S/C16H15Cl2P/c17-19(18,16-9-5-2-6-10-16)12-11-15(13-19)14-7-3-1-4-8-14/h1-10,13H,11-12H2. The van der Waals surface area contributed by atoms with Crippen LogP contribution < -0.4 is 5.30 Å². The maximum atomic E-state index is 6.92. The molecule has 1 aliphatic rings. The molecule has 1 heterocycles. The summed E-state index contributed by atoms with van der Waals surface area (Å²) in [5.74, 6) is 2.14. The van der Waals surface area contributed by atoms with Gasteiger partial charge in [-0.3, -0.25) is 0 Å². The fraction of sp³-hybridized carbons (Fsp3) is 0.125. The minimum atomic E-state index is -2.91. The molecule has 3 heteroatoms. The summed E-state index contributed by atoms with van der Waals surface area (Å²) in [5.41, 5.74) is 2.50. The van der Waals surface area contributed by atoms with Crippen molar-refractivity contribution in [2.75, 3.05) is 6.16 Å². The number of allylic oxidation sites excluding steroid dienone is 1. The van der Waals surface area contributed by atoms with Crippen molar-refractivity contribution in [3.8, 4) is 0 Å². The molecule has 2 aromatic carbocycles. The molecule has 2 aromatic rings. The first-order chi connectivity index (χ1) is 9.07. The van der Waals surface area contributed by atoms with Gasteiger partial charge in [-0.25, -0.2) is 0 Å². The third-order valence-corrected chi connectivity index (χ3v) is 9.61. The third-order valence-electron chi connectivity index (χ3n) is 3.63. The van der Waals surface area contributed by atoms with Crippen molar-refractivity contribution in [1.29, 1.82) is 0 Å². The van der Waals surface area contributed by atoms with Crippen molar-refractivity contribution in [1.82, 2.24) is 0 Å². The Morgan fingerprint density at radius 2 is 1.37 bits per heavy atom. The van der Waals surface area contributed by atoms with Gasteiger partial charge in [0.15, 0.2) is 0 Å². The molecule has 1 aliphatic heterocycles. The van der Waals surface area contributed by atoms with Crippen LogP contribution >= 0.6 is 27.8 Å². The van der Waals surface area contributed by atoms with E-state index >= 15 is 0 Å². The van der Waals surface area contributed by atoms with Gasteiger partial charge in [0.25, 0.3) is 0 Å². The second kappa shape index (κ2) is 4.63. The van der Waals surface area contributed by atoms with E-state index in [0.717, 1.165) is 17.9 Å². The zero-order chi connectivity index (χ0) is 13.4. The fourth-order valence-electron chi connectivity index (χ4n) is 2.57. The SMILES string of the molecule is ClP1(Cl)(c2ccccc2)C=C(c2ccccc2)CC1. The number of hydrogen-bond acceptors (Lipinski definition) is 0. The van der Waals surface area contributed by atoms with Gasteiger partial charge >= 0.3 is 123 Å². The second-order valence-corrected chi connectivity index (χ2v) is 13.6. The number of rotatable bonds is 2. The summed E-state index contributed by atoms with van der Waals surface area (Å²) in [5, 5.41) is -1.83. The predicted octanol–water partition coefficient (Wildman–Crippen LogP) is 5.62. The summed E-state index contributed by atoms with van der Waals surface area (Å²) in [6.45, 7) is 0. The van der Waals surface area contributed by atoms with Gasteiger partial charge in [-0.05, 0) is 0 Å². The zero-order valence-corrected chi connectivity index (χ0v) is 12.9. The van der Waals surface area contributed by atoms with Gasteiger partial charge in [0, 0.05) is 0 Å². The monoisotopic (exact) mass is 308 g/mol. The van der Waals surface area contributed by atoms with Crippen molar-refractivity contribution >= 4 is 38.7 Å². The summed E-state index contributed by atoms with van der Waals surface area (Å²) in [6.07, 6.45) is 1.78. The van der Waals surface area contributed by atoms with E-state index in [1.54, 1.807) is 0 Å². The van der Waals surface area contributed by atoms with Crippen LogP contribution in [0.25, 0.3) is 5.57 Å². The number of benzene rings is 2. The zero-order valence-electron chi connectivity index (χ0n) is 10.5. The molecule has 0 aromatic heterocycles. The van der Waals surface area contributed by atoms with Crippen LogP contribution in [0.3, 0.4) is 0 Å². The second-order valence-electron chi connectivity index (χ2n) is 4.97. The molecule has 0 atom stereocenters. The third kappa shape index (κ3) is 2.46. The van der Waals surface area contributed by atoms with Gasteiger partial charge in [-0.15, -0.1) is 0 Å². The van der Waals surface area contributed by atoms with Gasteiger partial charge in [0.1, 0.15) is 0 Å². The first kappa shape index (κ1) is 13.2. The molecule has 3 rings (SSSR count). The molecule has 0 radical (unpaired) electrons. The fourth-order valence-corrected chi connectivity index (χ4v) is 7.32. The molecule has 0 nitrogen and oxygen atoms in total. The summed E-state index contributed by atoms with van der Waals surface area (Å²) >= 11 is 13.8. The van der Waals surface area contributed by atoms with Crippen molar-refractivity contribution in [3.63, 3.8) is 0 Å². The van der Waals surface area contributed by atoms with Crippen LogP contribution in [0, 0.1) is 0 Å². The molecule has 0 aliphatic carbocycles. The Morgan fingerprint density at radius 3 is 2.00 bits per heavy atom. The van der Waals surface area contributed by atoms with E-state index in [9.17, 15) is 0 Å². The van der Waals surface area contributed by atoms with Crippen LogP contribution in [0.5, 0.6) is 0 Å². The number of halogens is 2. The quantitative estimate of drug-likeness (QED) is 0.632. The molecular formula is C16H15Cl2P. The Kier molecular flexibility index (Phi) is 3.21. The summed E-state index contributed by atoms with van der Waals surface area (Å²) in [6, 6.07) is 20.4.